The number of carbonyl (C=O) groups is 1. The van der Waals surface area contributed by atoms with Gasteiger partial charge in [0.05, 0.1) is 5.52 Å². The van der Waals surface area contributed by atoms with E-state index >= 15 is 0 Å². The van der Waals surface area contributed by atoms with Gasteiger partial charge in [0.2, 0.25) is 5.91 Å². The Morgan fingerprint density at radius 1 is 1.41 bits per heavy atom. The van der Waals surface area contributed by atoms with Gasteiger partial charge in [-0.05, 0) is 56.0 Å². The number of aromatic amines is 1. The number of benzene rings is 1. The molecule has 0 saturated carbocycles. The van der Waals surface area contributed by atoms with Crippen LogP contribution in [0.15, 0.2) is 27.4 Å². The lowest BCUT2D eigenvalue weighted by Crippen LogP contribution is -2.32. The van der Waals surface area contributed by atoms with Gasteiger partial charge in [-0.3, -0.25) is 9.78 Å². The summed E-state index contributed by atoms with van der Waals surface area (Å²) in [6.45, 7) is 4.23. The quantitative estimate of drug-likeness (QED) is 0.807. The van der Waals surface area contributed by atoms with Gasteiger partial charge in [-0.15, -0.1) is 0 Å². The molecule has 3 rings (SSSR count). The highest BCUT2D eigenvalue weighted by Crippen LogP contribution is 2.25. The molecule has 0 radical (unpaired) electrons. The number of carbonyl (C=O) groups excluding carboxylic acids is 1. The predicted molar refractivity (Wildman–Crippen MR) is 84.8 cm³/mol. The summed E-state index contributed by atoms with van der Waals surface area (Å²) in [6.07, 6.45) is 2.79. The van der Waals surface area contributed by atoms with Crippen LogP contribution < -0.4 is 16.4 Å². The molecule has 1 aliphatic heterocycles. The van der Waals surface area contributed by atoms with Crippen molar-refractivity contribution in [3.05, 3.63) is 28.7 Å². The van der Waals surface area contributed by atoms with Crippen molar-refractivity contribution in [1.82, 2.24) is 10.3 Å². The first-order valence-electron chi connectivity index (χ1n) is 7.75. The van der Waals surface area contributed by atoms with E-state index in [2.05, 4.69) is 22.5 Å². The fourth-order valence-corrected chi connectivity index (χ4v) is 3.11. The van der Waals surface area contributed by atoms with Crippen LogP contribution in [0.25, 0.3) is 11.1 Å². The topological polar surface area (TPSA) is 87.1 Å². The molecule has 3 N–H and O–H groups in total. The molecule has 6 nitrogen and oxygen atoms in total. The number of piperidine rings is 1. The first kappa shape index (κ1) is 14.8. The number of fused-ring (bicyclic) bond motifs is 1. The number of hydrogen-bond acceptors (Lipinski definition) is 4. The van der Waals surface area contributed by atoms with Crippen molar-refractivity contribution >= 4 is 22.7 Å². The fourth-order valence-electron chi connectivity index (χ4n) is 3.11. The van der Waals surface area contributed by atoms with Gasteiger partial charge in [0.25, 0.3) is 0 Å². The Morgan fingerprint density at radius 2 is 2.18 bits per heavy atom. The van der Waals surface area contributed by atoms with E-state index in [4.69, 9.17) is 4.42 Å². The number of rotatable bonds is 4. The molecule has 1 aromatic heterocycles. The molecule has 118 valence electrons. The molecule has 1 atom stereocenters. The monoisotopic (exact) mass is 303 g/mol. The van der Waals surface area contributed by atoms with E-state index in [0.29, 0.717) is 35.0 Å². The fraction of sp³-hybridized carbons (Fsp3) is 0.500. The van der Waals surface area contributed by atoms with Crippen molar-refractivity contribution in [2.45, 2.75) is 26.2 Å². The lowest BCUT2D eigenvalue weighted by atomic mass is 9.84. The second-order valence-electron chi connectivity index (χ2n) is 6.04. The van der Waals surface area contributed by atoms with Crippen LogP contribution in [0.5, 0.6) is 0 Å². The van der Waals surface area contributed by atoms with Crippen LogP contribution in [0.1, 0.15) is 26.2 Å². The van der Waals surface area contributed by atoms with Gasteiger partial charge in [0.15, 0.2) is 5.58 Å². The third-order valence-electron chi connectivity index (χ3n) is 4.40. The SMILES string of the molecule is CC(CC(=O)Nc1ccc2oc(=O)[nH]c2c1)C1CCNCC1. The number of amides is 1. The van der Waals surface area contributed by atoms with Crippen LogP contribution in [-0.2, 0) is 4.79 Å². The standard InChI is InChI=1S/C16H21N3O3/c1-10(11-4-6-17-7-5-11)8-15(20)18-12-2-3-14-13(9-12)19-16(21)22-14/h2-3,9-11,17H,4-8H2,1H3,(H,18,20)(H,19,21). The largest absolute Gasteiger partial charge is 0.417 e. The molecule has 1 aliphatic rings. The van der Waals surface area contributed by atoms with E-state index in [-0.39, 0.29) is 5.91 Å². The molecule has 1 aromatic carbocycles. The Bertz CT molecular complexity index is 713. The molecule has 6 heteroatoms. The summed E-state index contributed by atoms with van der Waals surface area (Å²) in [5.41, 5.74) is 1.76. The number of hydrogen-bond donors (Lipinski definition) is 3. The van der Waals surface area contributed by atoms with Crippen molar-refractivity contribution in [3.8, 4) is 0 Å². The van der Waals surface area contributed by atoms with Crippen LogP contribution in [0.2, 0.25) is 0 Å². The summed E-state index contributed by atoms with van der Waals surface area (Å²) in [6, 6.07) is 5.14. The van der Waals surface area contributed by atoms with Crippen LogP contribution in [0.3, 0.4) is 0 Å². The van der Waals surface area contributed by atoms with Gasteiger partial charge in [-0.2, -0.15) is 0 Å². The van der Waals surface area contributed by atoms with E-state index in [0.717, 1.165) is 25.9 Å². The van der Waals surface area contributed by atoms with Crippen LogP contribution in [0.4, 0.5) is 5.69 Å². The molecule has 0 spiro atoms. The predicted octanol–water partition coefficient (Wildman–Crippen LogP) is 2.09. The Kier molecular flexibility index (Phi) is 4.29. The first-order valence-corrected chi connectivity index (χ1v) is 7.75. The Morgan fingerprint density at radius 3 is 2.95 bits per heavy atom. The zero-order valence-corrected chi connectivity index (χ0v) is 12.6. The van der Waals surface area contributed by atoms with Gasteiger partial charge >= 0.3 is 5.76 Å². The Hall–Kier alpha value is -2.08. The molecule has 1 saturated heterocycles. The maximum atomic E-state index is 12.2. The van der Waals surface area contributed by atoms with Gasteiger partial charge in [0.1, 0.15) is 0 Å². The maximum Gasteiger partial charge on any atom is 0.417 e. The maximum absolute atomic E-state index is 12.2. The minimum atomic E-state index is -0.488. The highest BCUT2D eigenvalue weighted by Gasteiger charge is 2.22. The molecular weight excluding hydrogens is 282 g/mol. The van der Waals surface area contributed by atoms with E-state index in [1.54, 1.807) is 18.2 Å². The van der Waals surface area contributed by atoms with E-state index in [9.17, 15) is 9.59 Å². The van der Waals surface area contributed by atoms with Crippen LogP contribution >= 0.6 is 0 Å². The van der Waals surface area contributed by atoms with Crippen LogP contribution in [-0.4, -0.2) is 24.0 Å². The molecule has 2 aromatic rings. The molecule has 0 aliphatic carbocycles. The zero-order chi connectivity index (χ0) is 15.5. The average Bonchev–Trinajstić information content (AvgIpc) is 2.87. The third kappa shape index (κ3) is 3.39. The lowest BCUT2D eigenvalue weighted by molar-refractivity contribution is -0.117. The van der Waals surface area contributed by atoms with Crippen molar-refractivity contribution < 1.29 is 9.21 Å². The van der Waals surface area contributed by atoms with Crippen LogP contribution in [0, 0.1) is 11.8 Å². The Labute approximate surface area is 128 Å². The second-order valence-corrected chi connectivity index (χ2v) is 6.04. The number of nitrogens with one attached hydrogen (secondary N) is 3. The number of H-pyrrole nitrogens is 1. The van der Waals surface area contributed by atoms with E-state index in [1.807, 2.05) is 0 Å². The minimum absolute atomic E-state index is 0.0104. The van der Waals surface area contributed by atoms with Crippen molar-refractivity contribution in [3.63, 3.8) is 0 Å². The lowest BCUT2D eigenvalue weighted by Gasteiger charge is -2.27. The highest BCUT2D eigenvalue weighted by atomic mass is 16.4. The van der Waals surface area contributed by atoms with Gasteiger partial charge < -0.3 is 15.1 Å². The molecule has 1 amide bonds. The molecule has 22 heavy (non-hydrogen) atoms. The zero-order valence-electron chi connectivity index (χ0n) is 12.6. The summed E-state index contributed by atoms with van der Waals surface area (Å²) >= 11 is 0. The van der Waals surface area contributed by atoms with Gasteiger partial charge in [-0.25, -0.2) is 4.79 Å². The number of anilines is 1. The summed E-state index contributed by atoms with van der Waals surface area (Å²) < 4.78 is 4.94. The molecule has 1 unspecified atom stereocenters. The summed E-state index contributed by atoms with van der Waals surface area (Å²) in [5.74, 6) is 0.508. The second kappa shape index (κ2) is 6.36. The molecule has 0 bridgehead atoms. The van der Waals surface area contributed by atoms with E-state index < -0.39 is 5.76 Å². The number of aromatic nitrogens is 1. The summed E-state index contributed by atoms with van der Waals surface area (Å²) in [4.78, 5) is 25.9. The first-order chi connectivity index (χ1) is 10.6. The third-order valence-corrected chi connectivity index (χ3v) is 4.40. The Balaban J connectivity index is 1.61. The number of oxazole rings is 1. The smallest absolute Gasteiger partial charge is 0.408 e. The molecule has 2 heterocycles. The molecule has 1 fully saturated rings. The normalized spacial score (nSPS) is 17.5. The van der Waals surface area contributed by atoms with Crippen molar-refractivity contribution in [1.29, 1.82) is 0 Å². The average molecular weight is 303 g/mol. The van der Waals surface area contributed by atoms with E-state index in [1.165, 1.54) is 0 Å². The summed E-state index contributed by atoms with van der Waals surface area (Å²) in [5, 5.41) is 6.24. The van der Waals surface area contributed by atoms with Gasteiger partial charge in [-0.1, -0.05) is 6.92 Å². The molecular formula is C16H21N3O3. The van der Waals surface area contributed by atoms with Crippen molar-refractivity contribution in [2.75, 3.05) is 18.4 Å². The minimum Gasteiger partial charge on any atom is -0.408 e. The highest BCUT2D eigenvalue weighted by molar-refractivity contribution is 5.92. The van der Waals surface area contributed by atoms with Gasteiger partial charge in [0, 0.05) is 12.1 Å². The summed E-state index contributed by atoms with van der Waals surface area (Å²) in [7, 11) is 0. The van der Waals surface area contributed by atoms with Crippen molar-refractivity contribution in [2.24, 2.45) is 11.8 Å².